The molecule has 0 aliphatic heterocycles. The summed E-state index contributed by atoms with van der Waals surface area (Å²) in [6.07, 6.45) is -0.222. The van der Waals surface area contributed by atoms with Crippen molar-refractivity contribution in [1.29, 1.82) is 0 Å². The maximum Gasteiger partial charge on any atom is 0.346 e. The molecule has 0 aromatic heterocycles. The first-order valence-corrected chi connectivity index (χ1v) is 19.6. The van der Waals surface area contributed by atoms with Gasteiger partial charge in [0, 0.05) is 25.7 Å². The van der Waals surface area contributed by atoms with Crippen molar-refractivity contribution < 1.29 is 48.4 Å². The van der Waals surface area contributed by atoms with E-state index in [9.17, 15) is 38.9 Å². The number of rotatable bonds is 8. The van der Waals surface area contributed by atoms with Crippen LogP contribution < -0.4 is 20.9 Å². The summed E-state index contributed by atoms with van der Waals surface area (Å²) < 4.78 is 37.3. The van der Waals surface area contributed by atoms with E-state index < -0.39 is 26.8 Å². The minimum Gasteiger partial charge on any atom is -0.507 e. The van der Waals surface area contributed by atoms with E-state index in [1.54, 1.807) is 12.1 Å². The highest BCUT2D eigenvalue weighted by Crippen LogP contribution is 2.51. The average molecular weight is 727 g/mol. The van der Waals surface area contributed by atoms with Crippen LogP contribution >= 0.6 is 15.2 Å². The zero-order valence-electron chi connectivity index (χ0n) is 28.3. The Morgan fingerprint density at radius 3 is 1.02 bits per heavy atom. The van der Waals surface area contributed by atoms with Crippen molar-refractivity contribution in [2.45, 2.75) is 77.2 Å². The molecule has 14 heteroatoms. The van der Waals surface area contributed by atoms with Crippen molar-refractivity contribution in [3.8, 4) is 23.0 Å². The van der Waals surface area contributed by atoms with E-state index in [1.807, 2.05) is 52.0 Å². The minimum absolute atomic E-state index is 0.0699. The highest BCUT2D eigenvalue weighted by Gasteiger charge is 2.31. The van der Waals surface area contributed by atoms with Gasteiger partial charge in [0.25, 0.3) is 0 Å². The molecule has 12 nitrogen and oxygen atoms in total. The Kier molecular flexibility index (Phi) is 10.9. The minimum atomic E-state index is -4.77. The van der Waals surface area contributed by atoms with Gasteiger partial charge in [-0.25, -0.2) is 0 Å². The van der Waals surface area contributed by atoms with Crippen LogP contribution in [0.4, 0.5) is 0 Å². The zero-order valence-corrected chi connectivity index (χ0v) is 30.1. The van der Waals surface area contributed by atoms with Gasteiger partial charge in [0.1, 0.15) is 34.6 Å². The smallest absolute Gasteiger partial charge is 0.346 e. The maximum atomic E-state index is 12.3. The number of para-hydroxylation sites is 2. The van der Waals surface area contributed by atoms with Crippen LogP contribution in [0.1, 0.15) is 94.9 Å². The van der Waals surface area contributed by atoms with Gasteiger partial charge in [0.05, 0.1) is 12.2 Å². The maximum absolute atomic E-state index is 12.3. The molecule has 1 aliphatic carbocycles. The molecule has 0 fully saturated rings. The monoisotopic (exact) mass is 726 g/mol. The van der Waals surface area contributed by atoms with E-state index >= 15 is 0 Å². The Morgan fingerprint density at radius 1 is 0.540 bits per heavy atom. The van der Waals surface area contributed by atoms with E-state index in [4.69, 9.17) is 20.9 Å². The lowest BCUT2D eigenvalue weighted by molar-refractivity contribution is 0.238. The summed E-state index contributed by atoms with van der Waals surface area (Å²) >= 11 is 0. The van der Waals surface area contributed by atoms with Gasteiger partial charge in [0.2, 0.25) is 0 Å². The van der Waals surface area contributed by atoms with E-state index in [0.29, 0.717) is 56.0 Å². The fourth-order valence-corrected chi connectivity index (χ4v) is 7.35. The molecule has 10 N–H and O–H groups in total. The van der Waals surface area contributed by atoms with Gasteiger partial charge in [-0.05, 0) is 108 Å². The summed E-state index contributed by atoms with van der Waals surface area (Å²) in [4.78, 5) is 40.1. The number of phenols is 2. The standard InChI is InChI=1S/C36H44N2O10P2/c1-19(2)47-33-21-7-5-8-22(33)12-26-16-30(36(38)50(44,45)46)18-28(32(26)40)14-24-10-6-9-23(34(24)48-20(3)4)13-27-17-29(35(37)49(41,42)43)15-25(11-21)31(27)39/h5-10,15-20,35-36,39-40H,11-14,37-38H2,1-4H3,(H2,41,42,43)(H2,44,45,46)/t35-,36-/m0/s1. The summed E-state index contributed by atoms with van der Waals surface area (Å²) in [6.45, 7) is 7.40. The fraction of sp³-hybridized carbons (Fsp3) is 0.333. The molecule has 4 aromatic carbocycles. The molecule has 8 bridgehead atoms. The Balaban J connectivity index is 1.84. The second-order valence-corrected chi connectivity index (χ2v) is 16.8. The molecule has 0 unspecified atom stereocenters. The van der Waals surface area contributed by atoms with Crippen LogP contribution in [0.15, 0.2) is 60.7 Å². The number of aromatic hydroxyl groups is 2. The van der Waals surface area contributed by atoms with Gasteiger partial charge < -0.3 is 50.7 Å². The molecule has 0 saturated carbocycles. The normalized spacial score (nSPS) is 14.8. The Bertz CT molecular complexity index is 1770. The molecule has 0 spiro atoms. The lowest BCUT2D eigenvalue weighted by Gasteiger charge is -2.24. The van der Waals surface area contributed by atoms with E-state index in [1.165, 1.54) is 24.3 Å². The van der Waals surface area contributed by atoms with Crippen molar-refractivity contribution in [1.82, 2.24) is 0 Å². The number of ether oxygens (including phenoxy) is 2. The molecule has 268 valence electrons. The highest BCUT2D eigenvalue weighted by atomic mass is 31.2. The predicted octanol–water partition coefficient (Wildman–Crippen LogP) is 5.62. The molecule has 0 radical (unpaired) electrons. The first kappa shape index (κ1) is 37.6. The Morgan fingerprint density at radius 2 is 0.800 bits per heavy atom. The third kappa shape index (κ3) is 8.26. The van der Waals surface area contributed by atoms with Crippen LogP contribution in [0.5, 0.6) is 23.0 Å². The van der Waals surface area contributed by atoms with Gasteiger partial charge in [-0.2, -0.15) is 0 Å². The molecule has 1 aliphatic rings. The number of phenolic OH excluding ortho intramolecular Hbond substituents is 2. The van der Waals surface area contributed by atoms with Crippen molar-refractivity contribution in [2.75, 3.05) is 0 Å². The lowest BCUT2D eigenvalue weighted by Crippen LogP contribution is -2.14. The van der Waals surface area contributed by atoms with Crippen LogP contribution in [0.2, 0.25) is 0 Å². The van der Waals surface area contributed by atoms with Crippen LogP contribution in [-0.4, -0.2) is 42.0 Å². The average Bonchev–Trinajstić information content (AvgIpc) is 3.01. The summed E-state index contributed by atoms with van der Waals surface area (Å²) in [5.74, 6) is -2.49. The third-order valence-electron chi connectivity index (χ3n) is 8.57. The van der Waals surface area contributed by atoms with Gasteiger partial charge >= 0.3 is 15.2 Å². The molecule has 0 amide bonds. The van der Waals surface area contributed by atoms with Crippen molar-refractivity contribution in [3.63, 3.8) is 0 Å². The second-order valence-electron chi connectivity index (χ2n) is 13.3. The Hall–Kier alpha value is -3.70. The van der Waals surface area contributed by atoms with Crippen LogP contribution in [-0.2, 0) is 34.8 Å². The molecule has 0 heterocycles. The predicted molar refractivity (Wildman–Crippen MR) is 190 cm³/mol. The summed E-state index contributed by atoms with van der Waals surface area (Å²) in [7, 11) is -9.54. The quantitative estimate of drug-likeness (QED) is 0.0913. The molecule has 4 aromatic rings. The van der Waals surface area contributed by atoms with Crippen LogP contribution in [0, 0.1) is 0 Å². The fourth-order valence-electron chi connectivity index (χ4n) is 6.27. The molecule has 50 heavy (non-hydrogen) atoms. The third-order valence-corrected chi connectivity index (χ3v) is 10.6. The summed E-state index contributed by atoms with van der Waals surface area (Å²) in [5.41, 5.74) is 16.5. The molecule has 2 atom stereocenters. The lowest BCUT2D eigenvalue weighted by atomic mass is 9.89. The molecular weight excluding hydrogens is 682 g/mol. The SMILES string of the molecule is CC(C)Oc1c2cccc1Cc1cc([C@@H](N)P(=O)(O)O)cc(c1O)Cc1cccc(c1OC(C)C)Cc1cc([C@@H](N)P(=O)(O)O)cc(c1O)C2. The summed E-state index contributed by atoms with van der Waals surface area (Å²) in [5, 5.41) is 23.5. The Labute approximate surface area is 291 Å². The van der Waals surface area contributed by atoms with E-state index in [-0.39, 0.29) is 60.5 Å². The van der Waals surface area contributed by atoms with Gasteiger partial charge in [-0.3, -0.25) is 9.13 Å². The molecule has 5 rings (SSSR count). The van der Waals surface area contributed by atoms with Crippen molar-refractivity contribution in [2.24, 2.45) is 11.5 Å². The molecule has 0 saturated heterocycles. The number of hydrogen-bond donors (Lipinski definition) is 8. The largest absolute Gasteiger partial charge is 0.507 e. The van der Waals surface area contributed by atoms with Gasteiger partial charge in [0.15, 0.2) is 0 Å². The first-order chi connectivity index (χ1) is 23.3. The number of benzene rings is 4. The number of hydrogen-bond acceptors (Lipinski definition) is 8. The van der Waals surface area contributed by atoms with Crippen LogP contribution in [0.25, 0.3) is 0 Å². The van der Waals surface area contributed by atoms with E-state index in [0.717, 1.165) is 0 Å². The van der Waals surface area contributed by atoms with Gasteiger partial charge in [-0.15, -0.1) is 0 Å². The van der Waals surface area contributed by atoms with Crippen molar-refractivity contribution in [3.05, 3.63) is 116 Å². The van der Waals surface area contributed by atoms with E-state index in [2.05, 4.69) is 0 Å². The number of fused-ring (bicyclic) bond motifs is 8. The van der Waals surface area contributed by atoms with Crippen LogP contribution in [0.3, 0.4) is 0 Å². The molecular formula is C36H44N2O10P2. The first-order valence-electron chi connectivity index (χ1n) is 16.2. The van der Waals surface area contributed by atoms with Gasteiger partial charge in [-0.1, -0.05) is 36.4 Å². The number of nitrogens with two attached hydrogens (primary N) is 2. The highest BCUT2D eigenvalue weighted by molar-refractivity contribution is 7.52. The second kappa shape index (κ2) is 14.5. The van der Waals surface area contributed by atoms with Crippen molar-refractivity contribution >= 4 is 15.2 Å². The topological polar surface area (TPSA) is 226 Å². The summed E-state index contributed by atoms with van der Waals surface area (Å²) in [6, 6.07) is 16.8. The zero-order chi connectivity index (χ0) is 36.7.